The van der Waals surface area contributed by atoms with Crippen molar-refractivity contribution in [2.45, 2.75) is 37.9 Å². The van der Waals surface area contributed by atoms with Gasteiger partial charge in [-0.2, -0.15) is 0 Å². The molecule has 1 atom stereocenters. The maximum absolute atomic E-state index is 5.89. The molecule has 1 N–H and O–H groups in total. The molecular weight excluding hydrogens is 418 g/mol. The van der Waals surface area contributed by atoms with E-state index in [0.29, 0.717) is 23.8 Å². The Balaban J connectivity index is 1.11. The summed E-state index contributed by atoms with van der Waals surface area (Å²) < 4.78 is 17.1. The van der Waals surface area contributed by atoms with Crippen LogP contribution >= 0.6 is 0 Å². The molecule has 2 saturated heterocycles. The quantitative estimate of drug-likeness (QED) is 0.417. The number of oxazole rings is 1. The fraction of sp³-hybridized carbons (Fsp3) is 0.480. The molecule has 174 valence electrons. The number of para-hydroxylation sites is 2. The van der Waals surface area contributed by atoms with Gasteiger partial charge in [0, 0.05) is 37.9 Å². The highest BCUT2D eigenvalue weighted by Crippen LogP contribution is 2.28. The van der Waals surface area contributed by atoms with E-state index in [1.807, 2.05) is 43.4 Å². The van der Waals surface area contributed by atoms with Gasteiger partial charge in [0.05, 0.1) is 12.6 Å². The number of piperidine rings is 1. The molecule has 3 aromatic rings. The van der Waals surface area contributed by atoms with E-state index in [4.69, 9.17) is 18.9 Å². The monoisotopic (exact) mass is 449 g/mol. The standard InChI is InChI=1S/C25H31N5O3/c1-26-23(27-15-19-11-14-31-19)16-30-12-9-18(10-13-30)20-6-4-8-24(28-20)32-17-25-29-21-5-2-3-7-22(21)33-25/h2-8,18-19H,9-17H2,1H3,(H,26,27)/t19-/m0/s1. The van der Waals surface area contributed by atoms with Crippen molar-refractivity contribution < 1.29 is 13.9 Å². The molecule has 2 aromatic heterocycles. The van der Waals surface area contributed by atoms with Gasteiger partial charge in [-0.05, 0) is 50.6 Å². The van der Waals surface area contributed by atoms with E-state index in [2.05, 4.69) is 26.3 Å². The number of ether oxygens (including phenoxy) is 2. The first-order chi connectivity index (χ1) is 16.3. The number of amidine groups is 1. The lowest BCUT2D eigenvalue weighted by Crippen LogP contribution is -2.45. The Bertz CT molecular complexity index is 1050. The number of rotatable bonds is 8. The zero-order valence-electron chi connectivity index (χ0n) is 19.1. The second-order valence-corrected chi connectivity index (χ2v) is 8.65. The van der Waals surface area contributed by atoms with Gasteiger partial charge in [0.25, 0.3) is 0 Å². The Morgan fingerprint density at radius 2 is 1.97 bits per heavy atom. The number of pyridine rings is 1. The first-order valence-corrected chi connectivity index (χ1v) is 11.7. The number of aliphatic imine (C=N–C) groups is 1. The van der Waals surface area contributed by atoms with Crippen molar-refractivity contribution in [1.29, 1.82) is 0 Å². The van der Waals surface area contributed by atoms with Gasteiger partial charge < -0.3 is 19.2 Å². The number of fused-ring (bicyclic) bond motifs is 1. The lowest BCUT2D eigenvalue weighted by atomic mass is 9.93. The van der Waals surface area contributed by atoms with Crippen LogP contribution in [0, 0.1) is 0 Å². The van der Waals surface area contributed by atoms with Crippen LogP contribution in [0.2, 0.25) is 0 Å². The lowest BCUT2D eigenvalue weighted by Gasteiger charge is -2.33. The molecule has 8 nitrogen and oxygen atoms in total. The van der Waals surface area contributed by atoms with E-state index in [0.717, 1.165) is 74.7 Å². The third kappa shape index (κ3) is 5.51. The Kier molecular flexibility index (Phi) is 6.83. The molecule has 1 aromatic carbocycles. The van der Waals surface area contributed by atoms with Crippen molar-refractivity contribution in [2.75, 3.05) is 39.8 Å². The molecule has 0 amide bonds. The Labute approximate surface area is 194 Å². The lowest BCUT2D eigenvalue weighted by molar-refractivity contribution is -0.0461. The third-order valence-electron chi connectivity index (χ3n) is 6.40. The van der Waals surface area contributed by atoms with E-state index >= 15 is 0 Å². The van der Waals surface area contributed by atoms with Crippen LogP contribution in [-0.4, -0.2) is 66.6 Å². The number of hydrogen-bond donors (Lipinski definition) is 1. The fourth-order valence-corrected chi connectivity index (χ4v) is 4.34. The summed E-state index contributed by atoms with van der Waals surface area (Å²) >= 11 is 0. The first kappa shape index (κ1) is 21.9. The molecule has 8 heteroatoms. The van der Waals surface area contributed by atoms with Crippen LogP contribution in [0.25, 0.3) is 11.1 Å². The van der Waals surface area contributed by atoms with Crippen LogP contribution in [0.5, 0.6) is 5.88 Å². The van der Waals surface area contributed by atoms with Gasteiger partial charge in [0.15, 0.2) is 12.2 Å². The molecule has 0 aliphatic carbocycles. The molecule has 2 aliphatic rings. The van der Waals surface area contributed by atoms with Crippen molar-refractivity contribution in [2.24, 2.45) is 4.99 Å². The number of hydrogen-bond acceptors (Lipinski definition) is 7. The second kappa shape index (κ2) is 10.3. The summed E-state index contributed by atoms with van der Waals surface area (Å²) in [6.07, 6.45) is 3.63. The van der Waals surface area contributed by atoms with Gasteiger partial charge in [0.1, 0.15) is 11.4 Å². The van der Waals surface area contributed by atoms with Gasteiger partial charge in [-0.25, -0.2) is 9.97 Å². The van der Waals surface area contributed by atoms with Crippen molar-refractivity contribution in [3.05, 3.63) is 54.0 Å². The minimum absolute atomic E-state index is 0.265. The van der Waals surface area contributed by atoms with Crippen LogP contribution < -0.4 is 10.1 Å². The van der Waals surface area contributed by atoms with E-state index in [-0.39, 0.29) is 6.61 Å². The summed E-state index contributed by atoms with van der Waals surface area (Å²) in [6.45, 7) is 4.92. The third-order valence-corrected chi connectivity index (χ3v) is 6.40. The van der Waals surface area contributed by atoms with Crippen molar-refractivity contribution >= 4 is 16.9 Å². The number of nitrogens with one attached hydrogen (secondary N) is 1. The van der Waals surface area contributed by atoms with Crippen LogP contribution in [0.1, 0.15) is 36.8 Å². The summed E-state index contributed by atoms with van der Waals surface area (Å²) in [4.78, 5) is 16.1. The zero-order chi connectivity index (χ0) is 22.5. The normalized spacial score (nSPS) is 20.0. The van der Waals surface area contributed by atoms with Crippen LogP contribution in [0.15, 0.2) is 51.9 Å². The predicted octanol–water partition coefficient (Wildman–Crippen LogP) is 3.39. The molecule has 0 bridgehead atoms. The second-order valence-electron chi connectivity index (χ2n) is 8.65. The molecule has 33 heavy (non-hydrogen) atoms. The molecular formula is C25H31N5O3. The first-order valence-electron chi connectivity index (χ1n) is 11.7. The summed E-state index contributed by atoms with van der Waals surface area (Å²) in [7, 11) is 1.85. The van der Waals surface area contributed by atoms with Gasteiger partial charge in [0.2, 0.25) is 11.8 Å². The summed E-state index contributed by atoms with van der Waals surface area (Å²) in [5.74, 6) is 2.65. The highest BCUT2D eigenvalue weighted by Gasteiger charge is 2.23. The predicted molar refractivity (Wildman–Crippen MR) is 127 cm³/mol. The molecule has 2 aliphatic heterocycles. The largest absolute Gasteiger partial charge is 0.468 e. The van der Waals surface area contributed by atoms with Gasteiger partial charge in [-0.15, -0.1) is 0 Å². The van der Waals surface area contributed by atoms with Crippen LogP contribution in [0.4, 0.5) is 0 Å². The van der Waals surface area contributed by atoms with Crippen molar-refractivity contribution in [3.63, 3.8) is 0 Å². The van der Waals surface area contributed by atoms with Gasteiger partial charge in [-0.3, -0.25) is 9.89 Å². The Morgan fingerprint density at radius 3 is 2.73 bits per heavy atom. The molecule has 4 heterocycles. The number of benzene rings is 1. The van der Waals surface area contributed by atoms with Crippen LogP contribution in [-0.2, 0) is 11.3 Å². The SMILES string of the molecule is CN=C(CN1CCC(c2cccc(OCc3nc4ccccc4o3)n2)CC1)NC[C@@H]1CCO1. The minimum atomic E-state index is 0.265. The number of likely N-dealkylation sites (tertiary alicyclic amines) is 1. The Hall–Kier alpha value is -2.97. The average Bonchev–Trinajstić information content (AvgIpc) is 3.25. The van der Waals surface area contributed by atoms with E-state index in [9.17, 15) is 0 Å². The fourth-order valence-electron chi connectivity index (χ4n) is 4.34. The van der Waals surface area contributed by atoms with E-state index < -0.39 is 0 Å². The van der Waals surface area contributed by atoms with E-state index in [1.165, 1.54) is 0 Å². The van der Waals surface area contributed by atoms with Crippen LogP contribution in [0.3, 0.4) is 0 Å². The summed E-state index contributed by atoms with van der Waals surface area (Å²) in [6, 6.07) is 13.7. The number of aromatic nitrogens is 2. The van der Waals surface area contributed by atoms with Crippen molar-refractivity contribution in [3.8, 4) is 5.88 Å². The molecule has 0 radical (unpaired) electrons. The summed E-state index contributed by atoms with van der Waals surface area (Å²) in [5.41, 5.74) is 2.70. The van der Waals surface area contributed by atoms with Gasteiger partial charge >= 0.3 is 0 Å². The number of nitrogens with zero attached hydrogens (tertiary/aromatic N) is 4. The molecule has 0 unspecified atom stereocenters. The van der Waals surface area contributed by atoms with E-state index in [1.54, 1.807) is 0 Å². The topological polar surface area (TPSA) is 85.0 Å². The van der Waals surface area contributed by atoms with Crippen molar-refractivity contribution in [1.82, 2.24) is 20.2 Å². The maximum atomic E-state index is 5.89. The summed E-state index contributed by atoms with van der Waals surface area (Å²) in [5, 5.41) is 3.45. The Morgan fingerprint density at radius 1 is 1.12 bits per heavy atom. The molecule has 2 fully saturated rings. The smallest absolute Gasteiger partial charge is 0.233 e. The molecule has 0 saturated carbocycles. The average molecular weight is 450 g/mol. The molecule has 5 rings (SSSR count). The highest BCUT2D eigenvalue weighted by atomic mass is 16.5. The minimum Gasteiger partial charge on any atom is -0.468 e. The molecule has 0 spiro atoms. The maximum Gasteiger partial charge on any atom is 0.233 e. The highest BCUT2D eigenvalue weighted by molar-refractivity contribution is 5.84. The zero-order valence-corrected chi connectivity index (χ0v) is 19.1. The van der Waals surface area contributed by atoms with Gasteiger partial charge in [-0.1, -0.05) is 18.2 Å².